The molecule has 2 rings (SSSR count). The van der Waals surface area contributed by atoms with Gasteiger partial charge < -0.3 is 10.2 Å². The molecule has 0 aromatic carbocycles. The van der Waals surface area contributed by atoms with E-state index >= 15 is 0 Å². The van der Waals surface area contributed by atoms with Crippen LogP contribution in [0.15, 0.2) is 0 Å². The largest absolute Gasteiger partial charge is 0.314 e. The van der Waals surface area contributed by atoms with Crippen molar-refractivity contribution in [3.63, 3.8) is 0 Å². The standard InChI is InChI=1S/C14H29N3O2S/c1-12-10-17(11-14(12)16(2)3)20(18,19)9-7-13-6-4-5-8-15-13/h12-15H,4-11H2,1-3H3. The summed E-state index contributed by atoms with van der Waals surface area (Å²) < 4.78 is 26.6. The molecule has 0 aliphatic carbocycles. The molecule has 0 radical (unpaired) electrons. The van der Waals surface area contributed by atoms with Gasteiger partial charge in [0.05, 0.1) is 5.75 Å². The first-order chi connectivity index (χ1) is 9.40. The Hall–Kier alpha value is -0.170. The van der Waals surface area contributed by atoms with Crippen molar-refractivity contribution in [3.8, 4) is 0 Å². The van der Waals surface area contributed by atoms with Gasteiger partial charge in [0, 0.05) is 25.2 Å². The quantitative estimate of drug-likeness (QED) is 0.813. The van der Waals surface area contributed by atoms with Gasteiger partial charge in [0.25, 0.3) is 0 Å². The summed E-state index contributed by atoms with van der Waals surface area (Å²) in [5, 5.41) is 3.43. The van der Waals surface area contributed by atoms with E-state index < -0.39 is 10.0 Å². The Morgan fingerprint density at radius 1 is 1.25 bits per heavy atom. The first-order valence-corrected chi connectivity index (χ1v) is 9.38. The number of nitrogens with one attached hydrogen (secondary N) is 1. The third-order valence-electron chi connectivity index (χ3n) is 4.73. The van der Waals surface area contributed by atoms with Gasteiger partial charge in [-0.2, -0.15) is 0 Å². The molecule has 6 heteroatoms. The monoisotopic (exact) mass is 303 g/mol. The second-order valence-electron chi connectivity index (χ2n) is 6.58. The Bertz CT molecular complexity index is 405. The highest BCUT2D eigenvalue weighted by Crippen LogP contribution is 2.23. The topological polar surface area (TPSA) is 52.7 Å². The van der Waals surface area contributed by atoms with Crippen LogP contribution in [-0.4, -0.2) is 69.2 Å². The minimum absolute atomic E-state index is 0.289. The fourth-order valence-corrected chi connectivity index (χ4v) is 5.08. The van der Waals surface area contributed by atoms with Crippen molar-refractivity contribution in [2.75, 3.05) is 39.5 Å². The Morgan fingerprint density at radius 3 is 2.55 bits per heavy atom. The van der Waals surface area contributed by atoms with Gasteiger partial charge in [0.15, 0.2) is 0 Å². The van der Waals surface area contributed by atoms with Crippen LogP contribution < -0.4 is 5.32 Å². The molecule has 1 N–H and O–H groups in total. The van der Waals surface area contributed by atoms with Crippen LogP contribution in [0.4, 0.5) is 0 Å². The third-order valence-corrected chi connectivity index (χ3v) is 6.57. The minimum Gasteiger partial charge on any atom is -0.314 e. The average molecular weight is 303 g/mol. The normalized spacial score (nSPS) is 32.9. The Balaban J connectivity index is 1.87. The Labute approximate surface area is 123 Å². The van der Waals surface area contributed by atoms with E-state index in [0.29, 0.717) is 31.1 Å². The van der Waals surface area contributed by atoms with Gasteiger partial charge in [0.2, 0.25) is 10.0 Å². The van der Waals surface area contributed by atoms with Gasteiger partial charge in [0.1, 0.15) is 0 Å². The van der Waals surface area contributed by atoms with Crippen LogP contribution in [0, 0.1) is 5.92 Å². The molecular formula is C14H29N3O2S. The van der Waals surface area contributed by atoms with Crippen LogP contribution >= 0.6 is 0 Å². The lowest BCUT2D eigenvalue weighted by Crippen LogP contribution is -2.39. The SMILES string of the molecule is CC1CN(S(=O)(=O)CCC2CCCCN2)CC1N(C)C. The number of rotatable bonds is 5. The highest BCUT2D eigenvalue weighted by molar-refractivity contribution is 7.89. The van der Waals surface area contributed by atoms with E-state index in [2.05, 4.69) is 17.1 Å². The van der Waals surface area contributed by atoms with Crippen molar-refractivity contribution in [2.24, 2.45) is 5.92 Å². The molecule has 0 amide bonds. The zero-order chi connectivity index (χ0) is 14.8. The molecule has 0 saturated carbocycles. The van der Waals surface area contributed by atoms with Crippen molar-refractivity contribution in [3.05, 3.63) is 0 Å². The first kappa shape index (κ1) is 16.2. The number of piperidine rings is 1. The van der Waals surface area contributed by atoms with Crippen LogP contribution in [0.3, 0.4) is 0 Å². The molecule has 0 bridgehead atoms. The van der Waals surface area contributed by atoms with Gasteiger partial charge in [-0.25, -0.2) is 12.7 Å². The van der Waals surface area contributed by atoms with E-state index in [-0.39, 0.29) is 5.75 Å². The maximum Gasteiger partial charge on any atom is 0.214 e. The summed E-state index contributed by atoms with van der Waals surface area (Å²) in [5.74, 6) is 0.699. The molecule has 0 aromatic heterocycles. The van der Waals surface area contributed by atoms with Crippen molar-refractivity contribution in [1.82, 2.24) is 14.5 Å². The van der Waals surface area contributed by atoms with Crippen molar-refractivity contribution < 1.29 is 8.42 Å². The lowest BCUT2D eigenvalue weighted by atomic mass is 10.0. The van der Waals surface area contributed by atoms with Crippen molar-refractivity contribution in [1.29, 1.82) is 0 Å². The van der Waals surface area contributed by atoms with E-state index in [9.17, 15) is 8.42 Å². The molecule has 2 aliphatic heterocycles. The van der Waals surface area contributed by atoms with E-state index in [1.807, 2.05) is 14.1 Å². The molecule has 0 aromatic rings. The minimum atomic E-state index is -3.09. The number of sulfonamides is 1. The number of likely N-dealkylation sites (N-methyl/N-ethyl adjacent to an activating group) is 1. The molecule has 20 heavy (non-hydrogen) atoms. The predicted molar refractivity (Wildman–Crippen MR) is 82.3 cm³/mol. The predicted octanol–water partition coefficient (Wildman–Crippen LogP) is 0.730. The Kier molecular flexibility index (Phi) is 5.45. The zero-order valence-electron chi connectivity index (χ0n) is 13.0. The molecule has 2 aliphatic rings. The second-order valence-corrected chi connectivity index (χ2v) is 8.67. The van der Waals surface area contributed by atoms with Crippen LogP contribution in [0.1, 0.15) is 32.6 Å². The maximum absolute atomic E-state index is 12.5. The molecule has 2 saturated heterocycles. The maximum atomic E-state index is 12.5. The highest BCUT2D eigenvalue weighted by atomic mass is 32.2. The van der Waals surface area contributed by atoms with Crippen molar-refractivity contribution in [2.45, 2.75) is 44.7 Å². The fourth-order valence-electron chi connectivity index (χ4n) is 3.40. The summed E-state index contributed by atoms with van der Waals surface area (Å²) in [6, 6.07) is 0.737. The lowest BCUT2D eigenvalue weighted by molar-refractivity contribution is 0.263. The summed E-state index contributed by atoms with van der Waals surface area (Å²) in [5.41, 5.74) is 0. The molecule has 5 nitrogen and oxygen atoms in total. The van der Waals surface area contributed by atoms with Crippen molar-refractivity contribution >= 4 is 10.0 Å². The van der Waals surface area contributed by atoms with Crippen LogP contribution in [0.2, 0.25) is 0 Å². The third kappa shape index (κ3) is 3.93. The summed E-state index contributed by atoms with van der Waals surface area (Å²) in [6.45, 7) is 4.49. The number of nitrogens with zero attached hydrogens (tertiary/aromatic N) is 2. The van der Waals surface area contributed by atoms with E-state index in [0.717, 1.165) is 19.4 Å². The van der Waals surface area contributed by atoms with Gasteiger partial charge >= 0.3 is 0 Å². The summed E-state index contributed by atoms with van der Waals surface area (Å²) in [6.07, 6.45) is 4.31. The molecule has 3 atom stereocenters. The first-order valence-electron chi connectivity index (χ1n) is 7.78. The van der Waals surface area contributed by atoms with E-state index in [1.54, 1.807) is 4.31 Å². The van der Waals surface area contributed by atoms with Gasteiger partial charge in [-0.05, 0) is 45.8 Å². The van der Waals surface area contributed by atoms with E-state index in [1.165, 1.54) is 12.8 Å². The fraction of sp³-hybridized carbons (Fsp3) is 1.00. The van der Waals surface area contributed by atoms with Crippen LogP contribution in [0.25, 0.3) is 0 Å². The number of hydrogen-bond donors (Lipinski definition) is 1. The van der Waals surface area contributed by atoms with Crippen LogP contribution in [0.5, 0.6) is 0 Å². The summed E-state index contributed by atoms with van der Waals surface area (Å²) in [4.78, 5) is 2.14. The molecular weight excluding hydrogens is 274 g/mol. The number of hydrogen-bond acceptors (Lipinski definition) is 4. The van der Waals surface area contributed by atoms with E-state index in [4.69, 9.17) is 0 Å². The summed E-state index contributed by atoms with van der Waals surface area (Å²) in [7, 11) is 0.970. The van der Waals surface area contributed by atoms with Gasteiger partial charge in [-0.3, -0.25) is 0 Å². The molecule has 3 unspecified atom stereocenters. The summed E-state index contributed by atoms with van der Waals surface area (Å²) >= 11 is 0. The second kappa shape index (κ2) is 6.73. The zero-order valence-corrected chi connectivity index (χ0v) is 13.8. The molecule has 2 heterocycles. The van der Waals surface area contributed by atoms with Gasteiger partial charge in [-0.1, -0.05) is 13.3 Å². The Morgan fingerprint density at radius 2 is 2.00 bits per heavy atom. The van der Waals surface area contributed by atoms with Gasteiger partial charge in [-0.15, -0.1) is 0 Å². The molecule has 0 spiro atoms. The highest BCUT2D eigenvalue weighted by Gasteiger charge is 2.37. The average Bonchev–Trinajstić information content (AvgIpc) is 2.81. The molecule has 118 valence electrons. The van der Waals surface area contributed by atoms with Crippen LogP contribution in [-0.2, 0) is 10.0 Å². The molecule has 2 fully saturated rings. The lowest BCUT2D eigenvalue weighted by Gasteiger charge is -2.25. The smallest absolute Gasteiger partial charge is 0.214 e.